The number of hydrogen-bond acceptors (Lipinski definition) is 2. The molecule has 0 spiro atoms. The SMILES string of the molecule is COc1ccc(Cl)cc1C(=O)CCBr. The third-order valence-corrected chi connectivity index (χ3v) is 2.42. The molecule has 2 nitrogen and oxygen atoms in total. The first-order valence-corrected chi connectivity index (χ1v) is 5.61. The predicted octanol–water partition coefficient (Wildman–Crippen LogP) is 3.32. The summed E-state index contributed by atoms with van der Waals surface area (Å²) >= 11 is 9.02. The van der Waals surface area contributed by atoms with Crippen LogP contribution >= 0.6 is 27.5 Å². The lowest BCUT2D eigenvalue weighted by Gasteiger charge is -2.06. The molecule has 0 radical (unpaired) electrons. The fourth-order valence-electron chi connectivity index (χ4n) is 1.12. The highest BCUT2D eigenvalue weighted by Gasteiger charge is 2.11. The number of benzene rings is 1. The van der Waals surface area contributed by atoms with E-state index in [4.69, 9.17) is 16.3 Å². The molecule has 0 bridgehead atoms. The van der Waals surface area contributed by atoms with Crippen molar-refractivity contribution in [2.45, 2.75) is 6.42 Å². The van der Waals surface area contributed by atoms with Crippen molar-refractivity contribution in [3.8, 4) is 5.75 Å². The van der Waals surface area contributed by atoms with Gasteiger partial charge in [-0.2, -0.15) is 0 Å². The normalized spacial score (nSPS) is 9.93. The Balaban J connectivity index is 3.03. The van der Waals surface area contributed by atoms with Gasteiger partial charge < -0.3 is 4.74 Å². The number of methoxy groups -OCH3 is 1. The molecule has 4 heteroatoms. The van der Waals surface area contributed by atoms with E-state index in [-0.39, 0.29) is 5.78 Å². The van der Waals surface area contributed by atoms with Crippen LogP contribution in [0.3, 0.4) is 0 Å². The smallest absolute Gasteiger partial charge is 0.167 e. The van der Waals surface area contributed by atoms with Crippen LogP contribution in [0.15, 0.2) is 18.2 Å². The predicted molar refractivity (Wildman–Crippen MR) is 60.7 cm³/mol. The van der Waals surface area contributed by atoms with Crippen molar-refractivity contribution in [1.82, 2.24) is 0 Å². The first-order chi connectivity index (χ1) is 6.69. The fourth-order valence-corrected chi connectivity index (χ4v) is 1.65. The number of carbonyl (C=O) groups excluding carboxylic acids is 1. The van der Waals surface area contributed by atoms with Gasteiger partial charge in [0.1, 0.15) is 5.75 Å². The molecule has 1 aromatic carbocycles. The minimum absolute atomic E-state index is 0.0289. The molecule has 0 fully saturated rings. The van der Waals surface area contributed by atoms with Crippen LogP contribution < -0.4 is 4.74 Å². The van der Waals surface area contributed by atoms with Gasteiger partial charge >= 0.3 is 0 Å². The molecule has 0 saturated carbocycles. The van der Waals surface area contributed by atoms with Crippen molar-refractivity contribution in [3.05, 3.63) is 28.8 Å². The van der Waals surface area contributed by atoms with Crippen LogP contribution in [0, 0.1) is 0 Å². The number of Topliss-reactive ketones (excluding diaryl/α,β-unsaturated/α-hetero) is 1. The molecule has 0 saturated heterocycles. The Bertz CT molecular complexity index is 339. The van der Waals surface area contributed by atoms with Gasteiger partial charge in [-0.05, 0) is 18.2 Å². The Kier molecular flexibility index (Phi) is 4.42. The Morgan fingerprint density at radius 1 is 1.57 bits per heavy atom. The van der Waals surface area contributed by atoms with Crippen molar-refractivity contribution in [1.29, 1.82) is 0 Å². The first kappa shape index (κ1) is 11.5. The Morgan fingerprint density at radius 2 is 2.29 bits per heavy atom. The number of carbonyl (C=O) groups is 1. The van der Waals surface area contributed by atoms with Crippen LogP contribution in [-0.4, -0.2) is 18.2 Å². The molecule has 1 rings (SSSR count). The molecule has 0 N–H and O–H groups in total. The third-order valence-electron chi connectivity index (χ3n) is 1.78. The maximum absolute atomic E-state index is 11.6. The first-order valence-electron chi connectivity index (χ1n) is 4.11. The number of rotatable bonds is 4. The molecule has 0 aliphatic heterocycles. The average Bonchev–Trinajstić information content (AvgIpc) is 2.18. The number of ketones is 1. The maximum Gasteiger partial charge on any atom is 0.167 e. The Hall–Kier alpha value is -0.540. The average molecular weight is 278 g/mol. The van der Waals surface area contributed by atoms with Crippen LogP contribution in [0.4, 0.5) is 0 Å². The van der Waals surface area contributed by atoms with Crippen LogP contribution in [0.1, 0.15) is 16.8 Å². The second-order valence-corrected chi connectivity index (χ2v) is 3.94. The number of halogens is 2. The van der Waals surface area contributed by atoms with E-state index in [2.05, 4.69) is 15.9 Å². The molecule has 0 aromatic heterocycles. The molecule has 1 aromatic rings. The van der Waals surface area contributed by atoms with Gasteiger partial charge in [-0.25, -0.2) is 0 Å². The summed E-state index contributed by atoms with van der Waals surface area (Å²) in [5, 5.41) is 1.19. The lowest BCUT2D eigenvalue weighted by atomic mass is 10.1. The third kappa shape index (κ3) is 2.72. The van der Waals surface area contributed by atoms with E-state index in [0.717, 1.165) is 0 Å². The highest BCUT2D eigenvalue weighted by molar-refractivity contribution is 9.09. The van der Waals surface area contributed by atoms with Crippen molar-refractivity contribution >= 4 is 33.3 Å². The zero-order chi connectivity index (χ0) is 10.6. The largest absolute Gasteiger partial charge is 0.496 e. The van der Waals surface area contributed by atoms with Crippen molar-refractivity contribution in [3.63, 3.8) is 0 Å². The molecule has 0 unspecified atom stereocenters. The van der Waals surface area contributed by atoms with Gasteiger partial charge in [-0.15, -0.1) is 0 Å². The van der Waals surface area contributed by atoms with E-state index >= 15 is 0 Å². The molecule has 0 aliphatic rings. The van der Waals surface area contributed by atoms with Crippen molar-refractivity contribution < 1.29 is 9.53 Å². The lowest BCUT2D eigenvalue weighted by Crippen LogP contribution is -2.02. The van der Waals surface area contributed by atoms with E-state index in [1.807, 2.05) is 0 Å². The second-order valence-electron chi connectivity index (χ2n) is 2.71. The van der Waals surface area contributed by atoms with E-state index < -0.39 is 0 Å². The zero-order valence-corrected chi connectivity index (χ0v) is 10.1. The molecule has 0 atom stereocenters. The van der Waals surface area contributed by atoms with Crippen molar-refractivity contribution in [2.75, 3.05) is 12.4 Å². The minimum Gasteiger partial charge on any atom is -0.496 e. The van der Waals surface area contributed by atoms with Crippen LogP contribution in [0.2, 0.25) is 5.02 Å². The molecule has 0 heterocycles. The van der Waals surface area contributed by atoms with Gasteiger partial charge in [0.05, 0.1) is 12.7 Å². The highest BCUT2D eigenvalue weighted by Crippen LogP contribution is 2.23. The molecule has 0 aliphatic carbocycles. The van der Waals surface area contributed by atoms with E-state index in [1.54, 1.807) is 18.2 Å². The summed E-state index contributed by atoms with van der Waals surface area (Å²) < 4.78 is 5.07. The van der Waals surface area contributed by atoms with Gasteiger partial charge in [-0.3, -0.25) is 4.79 Å². The number of hydrogen-bond donors (Lipinski definition) is 0. The summed E-state index contributed by atoms with van der Waals surface area (Å²) in [6.07, 6.45) is 0.441. The highest BCUT2D eigenvalue weighted by atomic mass is 79.9. The van der Waals surface area contributed by atoms with Crippen LogP contribution in [0.25, 0.3) is 0 Å². The summed E-state index contributed by atoms with van der Waals surface area (Å²) in [6.45, 7) is 0. The van der Waals surface area contributed by atoms with E-state index in [0.29, 0.717) is 28.1 Å². The quantitative estimate of drug-likeness (QED) is 0.623. The summed E-state index contributed by atoms with van der Waals surface area (Å²) in [7, 11) is 1.54. The van der Waals surface area contributed by atoms with Gasteiger partial charge in [0.25, 0.3) is 0 Å². The monoisotopic (exact) mass is 276 g/mol. The van der Waals surface area contributed by atoms with Gasteiger partial charge in [0.2, 0.25) is 0 Å². The molecule has 14 heavy (non-hydrogen) atoms. The van der Waals surface area contributed by atoms with Gasteiger partial charge in [-0.1, -0.05) is 27.5 Å². The molecular weight excluding hydrogens is 267 g/mol. The van der Waals surface area contributed by atoms with E-state index in [9.17, 15) is 4.79 Å². The summed E-state index contributed by atoms with van der Waals surface area (Å²) in [6, 6.07) is 5.03. The Morgan fingerprint density at radius 3 is 2.86 bits per heavy atom. The summed E-state index contributed by atoms with van der Waals surface area (Å²) in [5.74, 6) is 0.599. The van der Waals surface area contributed by atoms with Crippen LogP contribution in [0.5, 0.6) is 5.75 Å². The van der Waals surface area contributed by atoms with Gasteiger partial charge in [0.15, 0.2) is 5.78 Å². The zero-order valence-electron chi connectivity index (χ0n) is 7.72. The summed E-state index contributed by atoms with van der Waals surface area (Å²) in [4.78, 5) is 11.6. The molecular formula is C10H10BrClO2. The lowest BCUT2D eigenvalue weighted by molar-refractivity contribution is 0.0987. The number of ether oxygens (including phenoxy) is 1. The minimum atomic E-state index is 0.0289. The van der Waals surface area contributed by atoms with Crippen LogP contribution in [-0.2, 0) is 0 Å². The van der Waals surface area contributed by atoms with Crippen molar-refractivity contribution in [2.24, 2.45) is 0 Å². The standard InChI is InChI=1S/C10H10BrClO2/c1-14-10-3-2-7(12)6-8(10)9(13)4-5-11/h2-3,6H,4-5H2,1H3. The Labute approximate surface area is 96.3 Å². The second kappa shape index (κ2) is 5.37. The topological polar surface area (TPSA) is 26.3 Å². The fraction of sp³-hybridized carbons (Fsp3) is 0.300. The maximum atomic E-state index is 11.6. The van der Waals surface area contributed by atoms with E-state index in [1.165, 1.54) is 7.11 Å². The molecule has 0 amide bonds. The molecule has 76 valence electrons. The number of alkyl halides is 1. The van der Waals surface area contributed by atoms with Gasteiger partial charge in [0, 0.05) is 16.8 Å². The summed E-state index contributed by atoms with van der Waals surface area (Å²) in [5.41, 5.74) is 0.541.